The number of carbonyl (C=O) groups excluding carboxylic acids is 2. The van der Waals surface area contributed by atoms with Gasteiger partial charge in [0, 0.05) is 18.3 Å². The van der Waals surface area contributed by atoms with E-state index >= 15 is 0 Å². The topological polar surface area (TPSA) is 76.5 Å². The van der Waals surface area contributed by atoms with E-state index in [2.05, 4.69) is 10.4 Å². The van der Waals surface area contributed by atoms with Crippen molar-refractivity contribution in [2.24, 2.45) is 0 Å². The summed E-state index contributed by atoms with van der Waals surface area (Å²) < 4.78 is 6.87. The van der Waals surface area contributed by atoms with Crippen LogP contribution in [0, 0.1) is 0 Å². The molecule has 2 aromatic carbocycles. The molecule has 4 rings (SSSR count). The summed E-state index contributed by atoms with van der Waals surface area (Å²) in [6.45, 7) is 3.86. The van der Waals surface area contributed by atoms with E-state index in [1.807, 2.05) is 49.4 Å². The molecule has 0 radical (unpaired) electrons. The van der Waals surface area contributed by atoms with E-state index in [4.69, 9.17) is 27.9 Å². The number of ether oxygens (including phenoxy) is 1. The lowest BCUT2D eigenvalue weighted by atomic mass is 9.94. The van der Waals surface area contributed by atoms with Crippen molar-refractivity contribution in [2.45, 2.75) is 26.4 Å². The van der Waals surface area contributed by atoms with Gasteiger partial charge in [0.15, 0.2) is 0 Å². The van der Waals surface area contributed by atoms with Gasteiger partial charge in [-0.15, -0.1) is 0 Å². The van der Waals surface area contributed by atoms with Crippen molar-refractivity contribution in [1.29, 1.82) is 0 Å². The summed E-state index contributed by atoms with van der Waals surface area (Å²) in [4.78, 5) is 27.9. The van der Waals surface area contributed by atoms with Gasteiger partial charge >= 0.3 is 5.97 Å². The maximum absolute atomic E-state index is 14.0. The third-order valence-electron chi connectivity index (χ3n) is 5.53. The number of rotatable bonds is 7. The molecule has 0 aliphatic carbocycles. The molecule has 1 aliphatic heterocycles. The third-order valence-corrected chi connectivity index (χ3v) is 6.27. The number of aromatic nitrogens is 2. The Morgan fingerprint density at radius 3 is 2.59 bits per heavy atom. The molecular formula is C25H24Cl2N4O3. The highest BCUT2D eigenvalue weighted by atomic mass is 35.5. The first-order valence-corrected chi connectivity index (χ1v) is 11.6. The maximum Gasteiger partial charge on any atom is 0.325 e. The van der Waals surface area contributed by atoms with E-state index in [0.29, 0.717) is 21.3 Å². The zero-order valence-corrected chi connectivity index (χ0v) is 20.3. The number of anilines is 1. The van der Waals surface area contributed by atoms with Crippen molar-refractivity contribution >= 4 is 40.9 Å². The minimum Gasteiger partial charge on any atom is -0.465 e. The van der Waals surface area contributed by atoms with E-state index in [0.717, 1.165) is 16.9 Å². The molecule has 1 unspecified atom stereocenters. The van der Waals surface area contributed by atoms with Gasteiger partial charge in [0.05, 0.1) is 28.4 Å². The number of nitrogens with zero attached hydrogens (tertiary/aromatic N) is 3. The van der Waals surface area contributed by atoms with Crippen LogP contribution in [0.25, 0.3) is 0 Å². The third kappa shape index (κ3) is 4.95. The molecule has 2 heterocycles. The monoisotopic (exact) mass is 498 g/mol. The van der Waals surface area contributed by atoms with Crippen molar-refractivity contribution in [3.05, 3.63) is 93.2 Å². The first-order chi connectivity index (χ1) is 16.4. The van der Waals surface area contributed by atoms with Crippen LogP contribution in [0.5, 0.6) is 0 Å². The quantitative estimate of drug-likeness (QED) is 0.460. The SMILES string of the molecule is CCOC(=O)CN(Cc1ccccc1)C(=O)C1=C(C)Nc2ccnn2C1c1ccc(Cl)c(Cl)c1. The van der Waals surface area contributed by atoms with Crippen molar-refractivity contribution in [1.82, 2.24) is 14.7 Å². The zero-order chi connectivity index (χ0) is 24.2. The van der Waals surface area contributed by atoms with Crippen LogP contribution in [-0.2, 0) is 20.9 Å². The number of hydrogen-bond donors (Lipinski definition) is 1. The molecule has 1 amide bonds. The summed E-state index contributed by atoms with van der Waals surface area (Å²) >= 11 is 12.5. The number of nitrogens with one attached hydrogen (secondary N) is 1. The lowest BCUT2D eigenvalue weighted by Crippen LogP contribution is -2.41. The first kappa shape index (κ1) is 23.9. The van der Waals surface area contributed by atoms with E-state index in [9.17, 15) is 9.59 Å². The number of amides is 1. The van der Waals surface area contributed by atoms with Crippen LogP contribution in [0.2, 0.25) is 10.0 Å². The Labute approximate surface area is 207 Å². The van der Waals surface area contributed by atoms with Crippen LogP contribution in [0.15, 0.2) is 72.1 Å². The second-order valence-electron chi connectivity index (χ2n) is 7.85. The number of fused-ring (bicyclic) bond motifs is 1. The van der Waals surface area contributed by atoms with Crippen LogP contribution >= 0.6 is 23.2 Å². The predicted octanol–water partition coefficient (Wildman–Crippen LogP) is 5.07. The Balaban J connectivity index is 1.77. The molecule has 0 fully saturated rings. The number of halogens is 2. The van der Waals surface area contributed by atoms with Crippen molar-refractivity contribution < 1.29 is 14.3 Å². The van der Waals surface area contributed by atoms with E-state index in [-0.39, 0.29) is 25.6 Å². The molecule has 7 nitrogen and oxygen atoms in total. The van der Waals surface area contributed by atoms with Crippen LogP contribution in [0.3, 0.4) is 0 Å². The smallest absolute Gasteiger partial charge is 0.325 e. The van der Waals surface area contributed by atoms with Crippen molar-refractivity contribution in [2.75, 3.05) is 18.5 Å². The molecule has 0 saturated carbocycles. The highest BCUT2D eigenvalue weighted by molar-refractivity contribution is 6.42. The fourth-order valence-corrected chi connectivity index (χ4v) is 4.32. The van der Waals surface area contributed by atoms with Gasteiger partial charge < -0.3 is 15.0 Å². The normalized spacial score (nSPS) is 14.9. The molecule has 34 heavy (non-hydrogen) atoms. The molecule has 176 valence electrons. The molecular weight excluding hydrogens is 475 g/mol. The average molecular weight is 499 g/mol. The van der Waals surface area contributed by atoms with E-state index in [1.165, 1.54) is 4.90 Å². The summed E-state index contributed by atoms with van der Waals surface area (Å²) in [6, 6.07) is 16.0. The standard InChI is InChI=1S/C25H24Cl2N4O3/c1-3-34-22(32)15-30(14-17-7-5-4-6-8-17)25(33)23-16(2)29-21-11-12-28-31(21)24(23)18-9-10-19(26)20(27)13-18/h4-13,24,29H,3,14-15H2,1-2H3. The second-order valence-corrected chi connectivity index (χ2v) is 8.67. The summed E-state index contributed by atoms with van der Waals surface area (Å²) in [6.07, 6.45) is 1.66. The number of allylic oxidation sites excluding steroid dienone is 1. The van der Waals surface area contributed by atoms with Crippen molar-refractivity contribution in [3.8, 4) is 0 Å². The van der Waals surface area contributed by atoms with Crippen LogP contribution in [0.1, 0.15) is 31.0 Å². The Morgan fingerprint density at radius 2 is 1.88 bits per heavy atom. The summed E-state index contributed by atoms with van der Waals surface area (Å²) in [5.41, 5.74) is 2.76. The number of esters is 1. The molecule has 9 heteroatoms. The predicted molar refractivity (Wildman–Crippen MR) is 132 cm³/mol. The van der Waals surface area contributed by atoms with Crippen LogP contribution in [0.4, 0.5) is 5.82 Å². The Kier molecular flexibility index (Phi) is 7.24. The van der Waals surface area contributed by atoms with Gasteiger partial charge in [0.25, 0.3) is 5.91 Å². The maximum atomic E-state index is 14.0. The fourth-order valence-electron chi connectivity index (χ4n) is 4.01. The Morgan fingerprint density at radius 1 is 1.12 bits per heavy atom. The van der Waals surface area contributed by atoms with Gasteiger partial charge in [0.2, 0.25) is 0 Å². The van der Waals surface area contributed by atoms with Gasteiger partial charge in [-0.2, -0.15) is 5.10 Å². The van der Waals surface area contributed by atoms with Crippen molar-refractivity contribution in [3.63, 3.8) is 0 Å². The molecule has 3 aromatic rings. The minimum absolute atomic E-state index is 0.182. The second kappa shape index (κ2) is 10.3. The largest absolute Gasteiger partial charge is 0.465 e. The lowest BCUT2D eigenvalue weighted by molar-refractivity contribution is -0.148. The first-order valence-electron chi connectivity index (χ1n) is 10.8. The minimum atomic E-state index is -0.561. The van der Waals surface area contributed by atoms with Gasteiger partial charge in [-0.05, 0) is 37.1 Å². The molecule has 1 aliphatic rings. The van der Waals surface area contributed by atoms with Gasteiger partial charge in [-0.25, -0.2) is 4.68 Å². The molecule has 0 spiro atoms. The molecule has 1 aromatic heterocycles. The fraction of sp³-hybridized carbons (Fsp3) is 0.240. The van der Waals surface area contributed by atoms with Gasteiger partial charge in [-0.1, -0.05) is 59.6 Å². The molecule has 0 saturated heterocycles. The molecule has 0 bridgehead atoms. The number of carbonyl (C=O) groups is 2. The molecule has 1 atom stereocenters. The number of benzene rings is 2. The summed E-state index contributed by atoms with van der Waals surface area (Å²) in [7, 11) is 0. The van der Waals surface area contributed by atoms with E-state index in [1.54, 1.807) is 29.9 Å². The summed E-state index contributed by atoms with van der Waals surface area (Å²) in [5.74, 6) is -0.0380. The average Bonchev–Trinajstić information content (AvgIpc) is 3.28. The van der Waals surface area contributed by atoms with Crippen LogP contribution in [-0.4, -0.2) is 39.7 Å². The van der Waals surface area contributed by atoms with E-state index < -0.39 is 12.0 Å². The molecule has 1 N–H and O–H groups in total. The van der Waals surface area contributed by atoms with Gasteiger partial charge in [0.1, 0.15) is 18.4 Å². The Bertz CT molecular complexity index is 1240. The highest BCUT2D eigenvalue weighted by Crippen LogP contribution is 2.38. The highest BCUT2D eigenvalue weighted by Gasteiger charge is 2.35. The Hall–Kier alpha value is -3.29. The van der Waals surface area contributed by atoms with Gasteiger partial charge in [-0.3, -0.25) is 9.59 Å². The lowest BCUT2D eigenvalue weighted by Gasteiger charge is -2.33. The van der Waals surface area contributed by atoms with Crippen LogP contribution < -0.4 is 5.32 Å². The number of hydrogen-bond acceptors (Lipinski definition) is 5. The zero-order valence-electron chi connectivity index (χ0n) is 18.8. The summed E-state index contributed by atoms with van der Waals surface area (Å²) in [5, 5.41) is 8.50.